The molecule has 5 heteroatoms. The van der Waals surface area contributed by atoms with E-state index in [0.717, 1.165) is 36.3 Å². The highest BCUT2D eigenvalue weighted by molar-refractivity contribution is 7.14. The van der Waals surface area contributed by atoms with Gasteiger partial charge in [0.05, 0.1) is 12.3 Å². The van der Waals surface area contributed by atoms with Crippen molar-refractivity contribution in [2.45, 2.75) is 52.4 Å². The molecule has 0 saturated heterocycles. The quantitative estimate of drug-likeness (QED) is 0.400. The zero-order valence-corrected chi connectivity index (χ0v) is 19.0. The van der Waals surface area contributed by atoms with Crippen molar-refractivity contribution >= 4 is 22.4 Å². The van der Waals surface area contributed by atoms with E-state index in [9.17, 15) is 4.79 Å². The molecule has 4 nitrogen and oxygen atoms in total. The Morgan fingerprint density at radius 2 is 1.87 bits per heavy atom. The van der Waals surface area contributed by atoms with Crippen LogP contribution >= 0.6 is 11.3 Å². The number of hydrogen-bond acceptors (Lipinski definition) is 4. The van der Waals surface area contributed by atoms with Gasteiger partial charge in [-0.15, -0.1) is 11.3 Å². The predicted octanol–water partition coefficient (Wildman–Crippen LogP) is 6.93. The summed E-state index contributed by atoms with van der Waals surface area (Å²) < 4.78 is 5.75. The number of ether oxygens (including phenoxy) is 1. The van der Waals surface area contributed by atoms with Crippen molar-refractivity contribution < 1.29 is 9.53 Å². The van der Waals surface area contributed by atoms with Crippen LogP contribution < -0.4 is 10.1 Å². The van der Waals surface area contributed by atoms with E-state index in [1.807, 2.05) is 17.5 Å². The average Bonchev–Trinajstić information content (AvgIpc) is 3.19. The minimum atomic E-state index is -0.182. The molecule has 0 saturated carbocycles. The first-order chi connectivity index (χ1) is 14.4. The van der Waals surface area contributed by atoms with Crippen molar-refractivity contribution in [1.29, 1.82) is 0 Å². The number of carbonyl (C=O) groups excluding carboxylic acids is 1. The lowest BCUT2D eigenvalue weighted by Gasteiger charge is -2.18. The van der Waals surface area contributed by atoms with Crippen LogP contribution in [0.15, 0.2) is 53.9 Å². The summed E-state index contributed by atoms with van der Waals surface area (Å²) in [4.78, 5) is 17.2. The van der Waals surface area contributed by atoms with Crippen molar-refractivity contribution in [2.24, 2.45) is 0 Å². The first-order valence-corrected chi connectivity index (χ1v) is 11.4. The van der Waals surface area contributed by atoms with Gasteiger partial charge in [-0.1, -0.05) is 70.9 Å². The molecule has 30 heavy (non-hydrogen) atoms. The number of unbranched alkanes of at least 4 members (excludes halogenated alkanes) is 2. The van der Waals surface area contributed by atoms with Crippen molar-refractivity contribution in [2.75, 3.05) is 11.9 Å². The minimum Gasteiger partial charge on any atom is -0.494 e. The topological polar surface area (TPSA) is 51.2 Å². The highest BCUT2D eigenvalue weighted by Crippen LogP contribution is 2.28. The number of rotatable bonds is 8. The third-order valence-corrected chi connectivity index (χ3v) is 5.64. The number of amides is 1. The van der Waals surface area contributed by atoms with Crippen molar-refractivity contribution in [3.63, 3.8) is 0 Å². The van der Waals surface area contributed by atoms with Crippen LogP contribution in [0.2, 0.25) is 0 Å². The van der Waals surface area contributed by atoms with E-state index in [-0.39, 0.29) is 11.3 Å². The summed E-state index contributed by atoms with van der Waals surface area (Å²) in [5.41, 5.74) is 3.88. The molecule has 1 aromatic heterocycles. The summed E-state index contributed by atoms with van der Waals surface area (Å²) in [6, 6.07) is 15.7. The lowest BCUT2D eigenvalue weighted by molar-refractivity contribution is 0.102. The van der Waals surface area contributed by atoms with E-state index in [1.165, 1.54) is 16.9 Å². The molecule has 0 aliphatic rings. The van der Waals surface area contributed by atoms with Gasteiger partial charge in [0.2, 0.25) is 0 Å². The highest BCUT2D eigenvalue weighted by Gasteiger charge is 2.14. The van der Waals surface area contributed by atoms with Crippen molar-refractivity contribution in [3.8, 4) is 17.0 Å². The Morgan fingerprint density at radius 1 is 1.10 bits per heavy atom. The van der Waals surface area contributed by atoms with E-state index in [4.69, 9.17) is 4.74 Å². The maximum absolute atomic E-state index is 12.6. The molecule has 0 bridgehead atoms. The smallest absolute Gasteiger partial charge is 0.257 e. The second kappa shape index (κ2) is 9.90. The Kier molecular flexibility index (Phi) is 7.27. The molecule has 3 rings (SSSR count). The number of benzene rings is 2. The van der Waals surface area contributed by atoms with Crippen LogP contribution in [0.3, 0.4) is 0 Å². The first-order valence-electron chi connectivity index (χ1n) is 10.5. The van der Waals surface area contributed by atoms with Gasteiger partial charge in [0.1, 0.15) is 5.75 Å². The molecule has 2 aromatic carbocycles. The maximum Gasteiger partial charge on any atom is 0.257 e. The summed E-state index contributed by atoms with van der Waals surface area (Å²) in [7, 11) is 0. The molecule has 1 amide bonds. The van der Waals surface area contributed by atoms with Crippen LogP contribution in [0.4, 0.5) is 5.13 Å². The molecule has 0 spiro atoms. The van der Waals surface area contributed by atoms with Gasteiger partial charge in [0.25, 0.3) is 5.91 Å². The zero-order valence-electron chi connectivity index (χ0n) is 18.2. The molecule has 0 atom stereocenters. The molecule has 0 radical (unpaired) electrons. The average molecular weight is 423 g/mol. The SMILES string of the molecule is CCCCCOc1cccc(C(=O)Nc2nc(-c3ccc(C(C)(C)C)cc3)cs2)c1. The minimum absolute atomic E-state index is 0.119. The number of nitrogens with one attached hydrogen (secondary N) is 1. The number of thiazole rings is 1. The van der Waals surface area contributed by atoms with Crippen LogP contribution in [-0.2, 0) is 5.41 Å². The van der Waals surface area contributed by atoms with Crippen LogP contribution in [0.25, 0.3) is 11.3 Å². The Hall–Kier alpha value is -2.66. The third-order valence-electron chi connectivity index (χ3n) is 4.88. The van der Waals surface area contributed by atoms with E-state index in [1.54, 1.807) is 12.1 Å². The zero-order chi connectivity index (χ0) is 21.6. The fourth-order valence-electron chi connectivity index (χ4n) is 3.04. The number of carbonyl (C=O) groups is 1. The third kappa shape index (κ3) is 5.92. The lowest BCUT2D eigenvalue weighted by Crippen LogP contribution is -2.12. The Balaban J connectivity index is 1.64. The number of nitrogens with zero attached hydrogens (tertiary/aromatic N) is 1. The van der Waals surface area contributed by atoms with E-state index in [2.05, 4.69) is 62.3 Å². The molecule has 1 heterocycles. The molecule has 0 unspecified atom stereocenters. The largest absolute Gasteiger partial charge is 0.494 e. The van der Waals surface area contributed by atoms with Gasteiger partial charge in [0.15, 0.2) is 5.13 Å². The summed E-state index contributed by atoms with van der Waals surface area (Å²) in [5, 5.41) is 5.45. The van der Waals surface area contributed by atoms with E-state index >= 15 is 0 Å². The predicted molar refractivity (Wildman–Crippen MR) is 126 cm³/mol. The Bertz CT molecular complexity index is 971. The first kappa shape index (κ1) is 22.0. The Labute approximate surface area is 183 Å². The lowest BCUT2D eigenvalue weighted by atomic mass is 9.86. The molecule has 0 aliphatic heterocycles. The van der Waals surface area contributed by atoms with Gasteiger partial charge in [-0.25, -0.2) is 4.98 Å². The van der Waals surface area contributed by atoms with Crippen molar-refractivity contribution in [3.05, 3.63) is 65.0 Å². The fraction of sp³-hybridized carbons (Fsp3) is 0.360. The molecule has 158 valence electrons. The van der Waals surface area contributed by atoms with Crippen LogP contribution in [0.1, 0.15) is 62.9 Å². The highest BCUT2D eigenvalue weighted by atomic mass is 32.1. The van der Waals surface area contributed by atoms with Gasteiger partial charge in [-0.3, -0.25) is 10.1 Å². The second-order valence-electron chi connectivity index (χ2n) is 8.40. The van der Waals surface area contributed by atoms with E-state index < -0.39 is 0 Å². The van der Waals surface area contributed by atoms with Gasteiger partial charge >= 0.3 is 0 Å². The Morgan fingerprint density at radius 3 is 2.57 bits per heavy atom. The van der Waals surface area contributed by atoms with E-state index in [0.29, 0.717) is 17.3 Å². The number of anilines is 1. The van der Waals surface area contributed by atoms with Gasteiger partial charge in [-0.2, -0.15) is 0 Å². The second-order valence-corrected chi connectivity index (χ2v) is 9.26. The fourth-order valence-corrected chi connectivity index (χ4v) is 3.76. The number of hydrogen-bond donors (Lipinski definition) is 1. The summed E-state index contributed by atoms with van der Waals surface area (Å²) >= 11 is 1.43. The molecule has 0 aliphatic carbocycles. The standard InChI is InChI=1S/C25H30N2O2S/c1-5-6-7-15-29-21-10-8-9-19(16-21)23(28)27-24-26-22(17-30-24)18-11-13-20(14-12-18)25(2,3)4/h8-14,16-17H,5-7,15H2,1-4H3,(H,26,27,28). The summed E-state index contributed by atoms with van der Waals surface area (Å²) in [6.45, 7) is 9.43. The molecule has 0 fully saturated rings. The normalized spacial score (nSPS) is 11.3. The van der Waals surface area contributed by atoms with Crippen LogP contribution in [0.5, 0.6) is 5.75 Å². The summed E-state index contributed by atoms with van der Waals surface area (Å²) in [5.74, 6) is 0.538. The molecule has 1 N–H and O–H groups in total. The van der Waals surface area contributed by atoms with Gasteiger partial charge in [0, 0.05) is 16.5 Å². The molecular weight excluding hydrogens is 392 g/mol. The van der Waals surface area contributed by atoms with Gasteiger partial charge < -0.3 is 4.74 Å². The maximum atomic E-state index is 12.6. The van der Waals surface area contributed by atoms with Crippen LogP contribution in [0, 0.1) is 0 Å². The molecule has 3 aromatic rings. The number of aromatic nitrogens is 1. The van der Waals surface area contributed by atoms with Gasteiger partial charge in [-0.05, 0) is 35.6 Å². The van der Waals surface area contributed by atoms with Crippen molar-refractivity contribution in [1.82, 2.24) is 4.98 Å². The molecular formula is C25H30N2O2S. The van der Waals surface area contributed by atoms with Crippen LogP contribution in [-0.4, -0.2) is 17.5 Å². The monoisotopic (exact) mass is 422 g/mol. The summed E-state index contributed by atoms with van der Waals surface area (Å²) in [6.07, 6.45) is 3.32.